The molecule has 0 unspecified atom stereocenters. The van der Waals surface area contributed by atoms with Gasteiger partial charge in [-0.25, -0.2) is 14.8 Å². The molecule has 7 heteroatoms. The maximum absolute atomic E-state index is 12.7. The Labute approximate surface area is 169 Å². The molecule has 1 amide bonds. The second kappa shape index (κ2) is 8.03. The fourth-order valence-corrected chi connectivity index (χ4v) is 4.01. The summed E-state index contributed by atoms with van der Waals surface area (Å²) in [6.07, 6.45) is 4.63. The van der Waals surface area contributed by atoms with Gasteiger partial charge in [0.1, 0.15) is 11.3 Å². The average molecular weight is 392 g/mol. The van der Waals surface area contributed by atoms with E-state index in [0.29, 0.717) is 24.3 Å². The fraction of sp³-hybridized carbons (Fsp3) is 0.364. The monoisotopic (exact) mass is 392 g/mol. The van der Waals surface area contributed by atoms with Crippen LogP contribution in [0.4, 0.5) is 0 Å². The number of imidazole rings is 1. The zero-order valence-corrected chi connectivity index (χ0v) is 16.4. The van der Waals surface area contributed by atoms with Gasteiger partial charge in [-0.15, -0.1) is 0 Å². The number of aryl methyl sites for hydroxylation is 2. The maximum atomic E-state index is 12.7. The van der Waals surface area contributed by atoms with E-state index in [9.17, 15) is 9.59 Å². The van der Waals surface area contributed by atoms with E-state index in [1.165, 1.54) is 0 Å². The predicted molar refractivity (Wildman–Crippen MR) is 109 cm³/mol. The number of rotatable bonds is 6. The number of pyridine rings is 1. The van der Waals surface area contributed by atoms with Gasteiger partial charge >= 0.3 is 5.97 Å². The van der Waals surface area contributed by atoms with Crippen molar-refractivity contribution in [3.8, 4) is 0 Å². The van der Waals surface area contributed by atoms with Crippen LogP contribution in [0.1, 0.15) is 34.6 Å². The van der Waals surface area contributed by atoms with Crippen LogP contribution in [0.5, 0.6) is 0 Å². The van der Waals surface area contributed by atoms with Gasteiger partial charge in [0.05, 0.1) is 5.56 Å². The SMILES string of the molecule is Cn1c(CCC(=O)N2CC[C@@H](Cc3ccc(C(=O)O)cc3)C2)nc2cccnc21. The largest absolute Gasteiger partial charge is 0.478 e. The third kappa shape index (κ3) is 4.13. The van der Waals surface area contributed by atoms with Crippen LogP contribution in [0.3, 0.4) is 0 Å². The van der Waals surface area contributed by atoms with Crippen molar-refractivity contribution in [2.24, 2.45) is 13.0 Å². The standard InChI is InChI=1S/C22H24N4O3/c1-25-19(24-18-3-2-11-23-21(18)25)8-9-20(27)26-12-10-16(14-26)13-15-4-6-17(7-5-15)22(28)29/h2-7,11,16H,8-10,12-14H2,1H3,(H,28,29)/t16-/m0/s1. The molecule has 0 radical (unpaired) electrons. The lowest BCUT2D eigenvalue weighted by atomic mass is 9.98. The molecule has 0 saturated carbocycles. The van der Waals surface area contributed by atoms with Gasteiger partial charge in [0.15, 0.2) is 5.65 Å². The minimum Gasteiger partial charge on any atom is -0.478 e. The molecule has 2 aromatic heterocycles. The summed E-state index contributed by atoms with van der Waals surface area (Å²) in [5, 5.41) is 8.99. The molecule has 3 heterocycles. The number of carbonyl (C=O) groups excluding carboxylic acids is 1. The van der Waals surface area contributed by atoms with Crippen LogP contribution in [-0.2, 0) is 24.7 Å². The molecule has 4 rings (SSSR count). The molecule has 0 aliphatic carbocycles. The molecule has 1 fully saturated rings. The van der Waals surface area contributed by atoms with Crippen LogP contribution in [0.2, 0.25) is 0 Å². The summed E-state index contributed by atoms with van der Waals surface area (Å²) < 4.78 is 1.95. The van der Waals surface area contributed by atoms with E-state index in [1.807, 2.05) is 40.8 Å². The number of nitrogens with zero attached hydrogens (tertiary/aromatic N) is 4. The van der Waals surface area contributed by atoms with E-state index in [1.54, 1.807) is 18.3 Å². The normalized spacial score (nSPS) is 16.4. The lowest BCUT2D eigenvalue weighted by molar-refractivity contribution is -0.130. The van der Waals surface area contributed by atoms with Crippen molar-refractivity contribution in [1.29, 1.82) is 0 Å². The van der Waals surface area contributed by atoms with Gasteiger partial charge in [0.25, 0.3) is 0 Å². The van der Waals surface area contributed by atoms with Crippen LogP contribution in [0.25, 0.3) is 11.2 Å². The van der Waals surface area contributed by atoms with Crippen molar-refractivity contribution < 1.29 is 14.7 Å². The molecule has 150 valence electrons. The molecule has 0 spiro atoms. The molecular weight excluding hydrogens is 368 g/mol. The first kappa shape index (κ1) is 19.1. The number of aromatic nitrogens is 3. The second-order valence-corrected chi connectivity index (χ2v) is 7.63. The van der Waals surface area contributed by atoms with E-state index in [0.717, 1.165) is 48.5 Å². The molecule has 1 N–H and O–H groups in total. The minimum atomic E-state index is -0.912. The summed E-state index contributed by atoms with van der Waals surface area (Å²) in [5.74, 6) is 0.537. The Bertz CT molecular complexity index is 1040. The summed E-state index contributed by atoms with van der Waals surface area (Å²) in [4.78, 5) is 34.5. The van der Waals surface area contributed by atoms with E-state index in [-0.39, 0.29) is 5.91 Å². The summed E-state index contributed by atoms with van der Waals surface area (Å²) in [6.45, 7) is 1.53. The van der Waals surface area contributed by atoms with E-state index >= 15 is 0 Å². The Morgan fingerprint density at radius 3 is 2.72 bits per heavy atom. The first-order valence-corrected chi connectivity index (χ1v) is 9.87. The number of amides is 1. The maximum Gasteiger partial charge on any atom is 0.335 e. The first-order chi connectivity index (χ1) is 14.0. The zero-order valence-electron chi connectivity index (χ0n) is 16.4. The summed E-state index contributed by atoms with van der Waals surface area (Å²) >= 11 is 0. The zero-order chi connectivity index (χ0) is 20.4. The van der Waals surface area contributed by atoms with Crippen molar-refractivity contribution in [1.82, 2.24) is 19.4 Å². The summed E-state index contributed by atoms with van der Waals surface area (Å²) in [6, 6.07) is 10.8. The number of aromatic carboxylic acids is 1. The first-order valence-electron chi connectivity index (χ1n) is 9.87. The van der Waals surface area contributed by atoms with E-state index in [2.05, 4.69) is 9.97 Å². The number of hydrogen-bond acceptors (Lipinski definition) is 4. The molecule has 1 aliphatic rings. The van der Waals surface area contributed by atoms with Crippen molar-refractivity contribution in [2.45, 2.75) is 25.7 Å². The number of likely N-dealkylation sites (tertiary alicyclic amines) is 1. The average Bonchev–Trinajstić information content (AvgIpc) is 3.31. The highest BCUT2D eigenvalue weighted by atomic mass is 16.4. The number of carboxylic acid groups (broad SMARTS) is 1. The topological polar surface area (TPSA) is 88.3 Å². The molecule has 1 aromatic carbocycles. The third-order valence-corrected chi connectivity index (χ3v) is 5.65. The highest BCUT2D eigenvalue weighted by Gasteiger charge is 2.26. The molecule has 1 aliphatic heterocycles. The lowest BCUT2D eigenvalue weighted by Gasteiger charge is -2.16. The van der Waals surface area contributed by atoms with Crippen molar-refractivity contribution in [3.05, 3.63) is 59.5 Å². The molecule has 7 nitrogen and oxygen atoms in total. The van der Waals surface area contributed by atoms with Crippen LogP contribution >= 0.6 is 0 Å². The quantitative estimate of drug-likeness (QED) is 0.697. The number of fused-ring (bicyclic) bond motifs is 1. The highest BCUT2D eigenvalue weighted by molar-refractivity contribution is 5.87. The molecular formula is C22H24N4O3. The molecule has 0 bridgehead atoms. The van der Waals surface area contributed by atoms with Crippen LogP contribution in [-0.4, -0.2) is 49.5 Å². The molecule has 1 saturated heterocycles. The van der Waals surface area contributed by atoms with Gasteiger partial charge in [-0.2, -0.15) is 0 Å². The van der Waals surface area contributed by atoms with Crippen LogP contribution < -0.4 is 0 Å². The number of benzene rings is 1. The molecule has 3 aromatic rings. The smallest absolute Gasteiger partial charge is 0.335 e. The number of carboxylic acids is 1. The van der Waals surface area contributed by atoms with Crippen LogP contribution in [0.15, 0.2) is 42.6 Å². The number of hydrogen-bond donors (Lipinski definition) is 1. The molecule has 1 atom stereocenters. The highest BCUT2D eigenvalue weighted by Crippen LogP contribution is 2.22. The van der Waals surface area contributed by atoms with E-state index in [4.69, 9.17) is 5.11 Å². The van der Waals surface area contributed by atoms with Crippen LogP contribution in [0, 0.1) is 5.92 Å². The van der Waals surface area contributed by atoms with Crippen molar-refractivity contribution >= 4 is 23.0 Å². The second-order valence-electron chi connectivity index (χ2n) is 7.63. The fourth-order valence-electron chi connectivity index (χ4n) is 4.01. The number of carbonyl (C=O) groups is 2. The lowest BCUT2D eigenvalue weighted by Crippen LogP contribution is -2.29. The van der Waals surface area contributed by atoms with Gasteiger partial charge in [0.2, 0.25) is 5.91 Å². The third-order valence-electron chi connectivity index (χ3n) is 5.65. The van der Waals surface area contributed by atoms with Gasteiger partial charge < -0.3 is 14.6 Å². The summed E-state index contributed by atoms with van der Waals surface area (Å²) in [7, 11) is 1.93. The van der Waals surface area contributed by atoms with Crippen molar-refractivity contribution in [2.75, 3.05) is 13.1 Å². The van der Waals surface area contributed by atoms with Gasteiger partial charge in [0, 0.05) is 39.2 Å². The molecule has 29 heavy (non-hydrogen) atoms. The summed E-state index contributed by atoms with van der Waals surface area (Å²) in [5.41, 5.74) is 3.10. The Balaban J connectivity index is 1.31. The Hall–Kier alpha value is -3.22. The minimum absolute atomic E-state index is 0.161. The Morgan fingerprint density at radius 2 is 2.00 bits per heavy atom. The van der Waals surface area contributed by atoms with Gasteiger partial charge in [-0.1, -0.05) is 12.1 Å². The van der Waals surface area contributed by atoms with Crippen molar-refractivity contribution in [3.63, 3.8) is 0 Å². The predicted octanol–water partition coefficient (Wildman–Crippen LogP) is 2.69. The van der Waals surface area contributed by atoms with E-state index < -0.39 is 5.97 Å². The Kier molecular flexibility index (Phi) is 5.29. The van der Waals surface area contributed by atoms with Gasteiger partial charge in [-0.3, -0.25) is 4.79 Å². The van der Waals surface area contributed by atoms with Gasteiger partial charge in [-0.05, 0) is 48.6 Å². The Morgan fingerprint density at radius 1 is 1.21 bits per heavy atom.